The summed E-state index contributed by atoms with van der Waals surface area (Å²) in [5, 5.41) is 26.7. The van der Waals surface area contributed by atoms with Gasteiger partial charge in [0.1, 0.15) is 23.9 Å². The van der Waals surface area contributed by atoms with Crippen LogP contribution < -0.4 is 21.7 Å². The van der Waals surface area contributed by atoms with E-state index in [1.54, 1.807) is 12.1 Å². The lowest BCUT2D eigenvalue weighted by Gasteiger charge is -2.25. The summed E-state index contributed by atoms with van der Waals surface area (Å²) in [4.78, 5) is 50.5. The molecule has 0 aliphatic heterocycles. The van der Waals surface area contributed by atoms with Crippen molar-refractivity contribution in [3.63, 3.8) is 0 Å². The summed E-state index contributed by atoms with van der Waals surface area (Å²) in [5.74, 6) is -2.61. The molecule has 206 valence electrons. The Morgan fingerprint density at radius 2 is 1.39 bits per heavy atom. The lowest BCUT2D eigenvalue weighted by Crippen LogP contribution is -2.58. The van der Waals surface area contributed by atoms with Gasteiger partial charge in [-0.3, -0.25) is 14.4 Å². The fourth-order valence-electron chi connectivity index (χ4n) is 3.55. The molecule has 0 fully saturated rings. The number of aliphatic carboxylic acids is 1. The van der Waals surface area contributed by atoms with Gasteiger partial charge in [-0.05, 0) is 48.1 Å². The van der Waals surface area contributed by atoms with E-state index in [1.165, 1.54) is 23.9 Å². The molecule has 0 aliphatic carbocycles. The second-order valence-corrected chi connectivity index (χ2v) is 10.0. The third-order valence-electron chi connectivity index (χ3n) is 5.69. The zero-order chi connectivity index (χ0) is 28.1. The van der Waals surface area contributed by atoms with Gasteiger partial charge in [0, 0.05) is 12.2 Å². The van der Waals surface area contributed by atoms with Crippen molar-refractivity contribution in [3.8, 4) is 5.75 Å². The number of amides is 3. The molecular weight excluding hydrogens is 528 g/mol. The third kappa shape index (κ3) is 10.3. The Bertz CT molecular complexity index is 1070. The minimum Gasteiger partial charge on any atom is -0.508 e. The summed E-state index contributed by atoms with van der Waals surface area (Å²) in [5.41, 5.74) is 7.51. The number of benzene rings is 2. The van der Waals surface area contributed by atoms with Gasteiger partial charge in [0.15, 0.2) is 0 Å². The van der Waals surface area contributed by atoms with Crippen molar-refractivity contribution in [3.05, 3.63) is 65.7 Å². The number of hydrogen-bond donors (Lipinski definition) is 7. The number of nitrogens with one attached hydrogen (secondary N) is 3. The van der Waals surface area contributed by atoms with Gasteiger partial charge < -0.3 is 31.9 Å². The van der Waals surface area contributed by atoms with E-state index in [4.69, 9.17) is 5.73 Å². The number of rotatable bonds is 15. The quantitative estimate of drug-likeness (QED) is 0.156. The molecule has 2 aromatic rings. The molecule has 7 N–H and O–H groups in total. The highest BCUT2D eigenvalue weighted by Crippen LogP contribution is 2.12. The Morgan fingerprint density at radius 1 is 0.842 bits per heavy atom. The Hall–Kier alpha value is -3.22. The molecule has 0 aromatic heterocycles. The van der Waals surface area contributed by atoms with Crippen LogP contribution in [-0.4, -0.2) is 75.8 Å². The van der Waals surface area contributed by atoms with E-state index in [0.29, 0.717) is 11.3 Å². The molecule has 0 spiro atoms. The molecule has 0 saturated carbocycles. The first kappa shape index (κ1) is 31.0. The van der Waals surface area contributed by atoms with Crippen LogP contribution in [0.5, 0.6) is 5.75 Å². The van der Waals surface area contributed by atoms with Crippen LogP contribution in [0, 0.1) is 0 Å². The van der Waals surface area contributed by atoms with E-state index in [2.05, 4.69) is 28.6 Å². The highest BCUT2D eigenvalue weighted by Gasteiger charge is 2.30. The predicted molar refractivity (Wildman–Crippen MR) is 150 cm³/mol. The van der Waals surface area contributed by atoms with Gasteiger partial charge in [-0.2, -0.15) is 24.4 Å². The smallest absolute Gasteiger partial charge is 0.326 e. The SMILES string of the molecule is CSCCC(NC(=O)C(Cc1ccc(O)cc1)NC(=O)C(CS)NC(=O)C(N)Cc1ccccc1)C(=O)O. The minimum atomic E-state index is -1.19. The van der Waals surface area contributed by atoms with Crippen LogP contribution >= 0.6 is 24.4 Å². The van der Waals surface area contributed by atoms with Crippen LogP contribution in [-0.2, 0) is 32.0 Å². The Labute approximate surface area is 231 Å². The van der Waals surface area contributed by atoms with Gasteiger partial charge in [-0.25, -0.2) is 4.79 Å². The molecule has 0 heterocycles. The number of hydrogen-bond acceptors (Lipinski definition) is 8. The Morgan fingerprint density at radius 3 is 1.97 bits per heavy atom. The molecule has 0 aliphatic rings. The van der Waals surface area contributed by atoms with Gasteiger partial charge in [-0.1, -0.05) is 42.5 Å². The maximum atomic E-state index is 13.1. The van der Waals surface area contributed by atoms with Gasteiger partial charge in [0.25, 0.3) is 0 Å². The number of thiol groups is 1. The van der Waals surface area contributed by atoms with E-state index < -0.39 is 47.9 Å². The van der Waals surface area contributed by atoms with Crippen LogP contribution in [0.25, 0.3) is 0 Å². The van der Waals surface area contributed by atoms with Crippen LogP contribution in [0.15, 0.2) is 54.6 Å². The Balaban J connectivity index is 2.13. The number of carbonyl (C=O) groups excluding carboxylic acids is 3. The highest BCUT2D eigenvalue weighted by molar-refractivity contribution is 7.98. The number of nitrogens with two attached hydrogens (primary N) is 1. The molecule has 10 nitrogen and oxygen atoms in total. The van der Waals surface area contributed by atoms with E-state index in [0.717, 1.165) is 5.56 Å². The third-order valence-corrected chi connectivity index (χ3v) is 6.69. The van der Waals surface area contributed by atoms with Crippen molar-refractivity contribution >= 4 is 48.1 Å². The van der Waals surface area contributed by atoms with Crippen molar-refractivity contribution in [2.75, 3.05) is 17.8 Å². The van der Waals surface area contributed by atoms with Crippen molar-refractivity contribution in [1.82, 2.24) is 16.0 Å². The number of carboxylic acid groups (broad SMARTS) is 1. The molecule has 0 saturated heterocycles. The number of thioether (sulfide) groups is 1. The largest absolute Gasteiger partial charge is 0.508 e. The maximum Gasteiger partial charge on any atom is 0.326 e. The zero-order valence-electron chi connectivity index (χ0n) is 21.0. The van der Waals surface area contributed by atoms with Crippen molar-refractivity contribution in [1.29, 1.82) is 0 Å². The summed E-state index contributed by atoms with van der Waals surface area (Å²) < 4.78 is 0. The summed E-state index contributed by atoms with van der Waals surface area (Å²) in [6.45, 7) is 0. The normalized spacial score (nSPS) is 14.0. The molecule has 0 bridgehead atoms. The highest BCUT2D eigenvalue weighted by atomic mass is 32.2. The van der Waals surface area contributed by atoms with Gasteiger partial charge in [0.2, 0.25) is 17.7 Å². The number of phenolic OH excluding ortho intramolecular Hbond substituents is 1. The molecule has 0 radical (unpaired) electrons. The molecule has 3 amide bonds. The first-order valence-corrected chi connectivity index (χ1v) is 14.0. The standard InChI is InChI=1S/C26H34N4O6S2/c1-38-12-11-20(26(35)36)28-24(33)21(14-17-7-9-18(31)10-8-17)29-25(34)22(15-37)30-23(32)19(27)13-16-5-3-2-4-6-16/h2-10,19-22,31,37H,11-15,27H2,1H3,(H,28,33)(H,29,34)(H,30,32)(H,35,36). The van der Waals surface area contributed by atoms with Crippen molar-refractivity contribution in [2.24, 2.45) is 5.73 Å². The van der Waals surface area contributed by atoms with E-state index in [-0.39, 0.29) is 30.8 Å². The topological polar surface area (TPSA) is 171 Å². The molecular formula is C26H34N4O6S2. The van der Waals surface area contributed by atoms with Gasteiger partial charge in [0.05, 0.1) is 6.04 Å². The lowest BCUT2D eigenvalue weighted by atomic mass is 10.0. The summed E-state index contributed by atoms with van der Waals surface area (Å²) in [7, 11) is 0. The number of carboxylic acids is 1. The molecule has 12 heteroatoms. The molecule has 2 rings (SSSR count). The van der Waals surface area contributed by atoms with Crippen LogP contribution in [0.1, 0.15) is 17.5 Å². The summed E-state index contributed by atoms with van der Waals surface area (Å²) >= 11 is 5.62. The number of aromatic hydroxyl groups is 1. The molecule has 38 heavy (non-hydrogen) atoms. The summed E-state index contributed by atoms with van der Waals surface area (Å²) in [6.07, 6.45) is 2.32. The van der Waals surface area contributed by atoms with E-state index in [1.807, 2.05) is 36.6 Å². The fraction of sp³-hybridized carbons (Fsp3) is 0.385. The van der Waals surface area contributed by atoms with Gasteiger partial charge >= 0.3 is 5.97 Å². The lowest BCUT2D eigenvalue weighted by molar-refractivity contribution is -0.142. The summed E-state index contributed by atoms with van der Waals surface area (Å²) in [6, 6.07) is 11.0. The average Bonchev–Trinajstić information content (AvgIpc) is 2.90. The number of carbonyl (C=O) groups is 4. The second-order valence-electron chi connectivity index (χ2n) is 8.65. The van der Waals surface area contributed by atoms with Crippen LogP contribution in [0.2, 0.25) is 0 Å². The first-order chi connectivity index (χ1) is 18.1. The van der Waals surface area contributed by atoms with Gasteiger partial charge in [-0.15, -0.1) is 0 Å². The second kappa shape index (κ2) is 15.9. The average molecular weight is 563 g/mol. The predicted octanol–water partition coefficient (Wildman–Crippen LogP) is 0.727. The number of phenols is 1. The maximum absolute atomic E-state index is 13.1. The van der Waals surface area contributed by atoms with Crippen molar-refractivity contribution in [2.45, 2.75) is 43.4 Å². The first-order valence-electron chi connectivity index (χ1n) is 12.0. The van der Waals surface area contributed by atoms with Crippen LogP contribution in [0.4, 0.5) is 0 Å². The molecule has 2 aromatic carbocycles. The molecule has 4 unspecified atom stereocenters. The van der Waals surface area contributed by atoms with E-state index >= 15 is 0 Å². The Kier molecular flexibility index (Phi) is 13.0. The molecule has 4 atom stereocenters. The fourth-order valence-corrected chi connectivity index (χ4v) is 4.28. The van der Waals surface area contributed by atoms with E-state index in [9.17, 15) is 29.4 Å². The monoisotopic (exact) mass is 562 g/mol. The van der Waals surface area contributed by atoms with Crippen LogP contribution in [0.3, 0.4) is 0 Å². The van der Waals surface area contributed by atoms with Crippen molar-refractivity contribution < 1.29 is 29.4 Å². The minimum absolute atomic E-state index is 0.0213. The zero-order valence-corrected chi connectivity index (χ0v) is 22.7.